The average molecular weight is 311 g/mol. The van der Waals surface area contributed by atoms with E-state index < -0.39 is 5.60 Å². The van der Waals surface area contributed by atoms with E-state index in [1.54, 1.807) is 20.1 Å². The smallest absolute Gasteiger partial charge is 0.119 e. The van der Waals surface area contributed by atoms with Gasteiger partial charge in [0.1, 0.15) is 5.75 Å². The van der Waals surface area contributed by atoms with Gasteiger partial charge in [-0.2, -0.15) is 0 Å². The Bertz CT molecular complexity index is 623. The first kappa shape index (κ1) is 17.3. The Labute approximate surface area is 138 Å². The Morgan fingerprint density at radius 2 is 1.74 bits per heavy atom. The molecule has 23 heavy (non-hydrogen) atoms. The molecule has 0 bridgehead atoms. The lowest BCUT2D eigenvalue weighted by molar-refractivity contribution is 0.0555. The Hall–Kier alpha value is -2.10. The van der Waals surface area contributed by atoms with Crippen LogP contribution < -0.4 is 4.74 Å². The maximum absolute atomic E-state index is 10.4. The minimum atomic E-state index is -0.923. The Morgan fingerprint density at radius 1 is 1.09 bits per heavy atom. The molecule has 122 valence electrons. The molecule has 3 nitrogen and oxygen atoms in total. The standard InChI is InChI=1S/C20H25NO2/c1-4-20(2,22)16-21(14-17-9-6-5-7-10-17)15-18-11-8-12-19(13-18)23-3/h4-13,22H,1,14-16H2,2-3H3/t20-/m1/s1. The Balaban J connectivity index is 2.16. The van der Waals surface area contributed by atoms with Gasteiger partial charge in [-0.3, -0.25) is 4.90 Å². The minimum absolute atomic E-state index is 0.516. The zero-order chi connectivity index (χ0) is 16.7. The van der Waals surface area contributed by atoms with Crippen molar-refractivity contribution in [3.05, 3.63) is 78.4 Å². The lowest BCUT2D eigenvalue weighted by Gasteiger charge is -2.29. The normalized spacial score (nSPS) is 13.6. The van der Waals surface area contributed by atoms with E-state index in [0.717, 1.165) is 24.4 Å². The van der Waals surface area contributed by atoms with Crippen molar-refractivity contribution in [2.24, 2.45) is 0 Å². The van der Waals surface area contributed by atoms with E-state index in [1.165, 1.54) is 5.56 Å². The van der Waals surface area contributed by atoms with E-state index >= 15 is 0 Å². The summed E-state index contributed by atoms with van der Waals surface area (Å²) in [6, 6.07) is 18.3. The number of ether oxygens (including phenoxy) is 1. The fourth-order valence-corrected chi connectivity index (χ4v) is 2.56. The minimum Gasteiger partial charge on any atom is -0.497 e. The van der Waals surface area contributed by atoms with Gasteiger partial charge >= 0.3 is 0 Å². The van der Waals surface area contributed by atoms with Gasteiger partial charge in [-0.05, 0) is 30.2 Å². The maximum Gasteiger partial charge on any atom is 0.119 e. The lowest BCUT2D eigenvalue weighted by atomic mass is 10.1. The number of aliphatic hydroxyl groups is 1. The van der Waals surface area contributed by atoms with Gasteiger partial charge in [0.15, 0.2) is 0 Å². The maximum atomic E-state index is 10.4. The van der Waals surface area contributed by atoms with Crippen LogP contribution in [-0.4, -0.2) is 29.3 Å². The zero-order valence-electron chi connectivity index (χ0n) is 13.9. The molecule has 2 aromatic rings. The second kappa shape index (κ2) is 7.95. The van der Waals surface area contributed by atoms with Crippen molar-refractivity contribution in [2.45, 2.75) is 25.6 Å². The van der Waals surface area contributed by atoms with E-state index in [9.17, 15) is 5.11 Å². The van der Waals surface area contributed by atoms with Crippen LogP contribution in [0.1, 0.15) is 18.1 Å². The molecule has 0 aliphatic carbocycles. The van der Waals surface area contributed by atoms with Crippen molar-refractivity contribution in [1.29, 1.82) is 0 Å². The van der Waals surface area contributed by atoms with E-state index in [4.69, 9.17) is 4.74 Å². The van der Waals surface area contributed by atoms with Crippen LogP contribution in [0, 0.1) is 0 Å². The molecule has 0 aromatic heterocycles. The molecular weight excluding hydrogens is 286 g/mol. The van der Waals surface area contributed by atoms with Crippen molar-refractivity contribution in [1.82, 2.24) is 4.90 Å². The number of rotatable bonds is 8. The van der Waals surface area contributed by atoms with Crippen molar-refractivity contribution >= 4 is 0 Å². The summed E-state index contributed by atoms with van der Waals surface area (Å²) in [7, 11) is 1.67. The molecule has 3 heteroatoms. The summed E-state index contributed by atoms with van der Waals surface area (Å²) in [5.41, 5.74) is 1.45. The quantitative estimate of drug-likeness (QED) is 0.756. The molecule has 0 saturated heterocycles. The molecule has 0 heterocycles. The van der Waals surface area contributed by atoms with Gasteiger partial charge in [0, 0.05) is 19.6 Å². The van der Waals surface area contributed by atoms with Crippen LogP contribution in [0.3, 0.4) is 0 Å². The molecule has 2 aromatic carbocycles. The third-order valence-corrected chi connectivity index (χ3v) is 3.77. The monoisotopic (exact) mass is 311 g/mol. The summed E-state index contributed by atoms with van der Waals surface area (Å²) >= 11 is 0. The highest BCUT2D eigenvalue weighted by atomic mass is 16.5. The highest BCUT2D eigenvalue weighted by Gasteiger charge is 2.20. The van der Waals surface area contributed by atoms with E-state index in [2.05, 4.69) is 29.7 Å². The molecule has 0 unspecified atom stereocenters. The molecule has 0 saturated carbocycles. The van der Waals surface area contributed by atoms with Crippen LogP contribution in [0.4, 0.5) is 0 Å². The zero-order valence-corrected chi connectivity index (χ0v) is 13.9. The van der Waals surface area contributed by atoms with Crippen molar-refractivity contribution in [2.75, 3.05) is 13.7 Å². The second-order valence-corrected chi connectivity index (χ2v) is 6.04. The molecule has 0 fully saturated rings. The number of methoxy groups -OCH3 is 1. The van der Waals surface area contributed by atoms with Crippen LogP contribution in [-0.2, 0) is 13.1 Å². The molecule has 2 rings (SSSR count). The third kappa shape index (κ3) is 5.55. The SMILES string of the molecule is C=C[C@@](C)(O)CN(Cc1ccccc1)Cc1cccc(OC)c1. The summed E-state index contributed by atoms with van der Waals surface area (Å²) < 4.78 is 5.29. The largest absolute Gasteiger partial charge is 0.497 e. The molecular formula is C20H25NO2. The molecule has 1 atom stereocenters. The van der Waals surface area contributed by atoms with Gasteiger partial charge in [0.2, 0.25) is 0 Å². The summed E-state index contributed by atoms with van der Waals surface area (Å²) in [4.78, 5) is 2.21. The van der Waals surface area contributed by atoms with Crippen molar-refractivity contribution in [3.63, 3.8) is 0 Å². The fraction of sp³-hybridized carbons (Fsp3) is 0.300. The first-order valence-electron chi connectivity index (χ1n) is 7.77. The Morgan fingerprint density at radius 3 is 2.39 bits per heavy atom. The predicted octanol–water partition coefficient (Wildman–Crippen LogP) is 3.63. The summed E-state index contributed by atoms with van der Waals surface area (Å²) in [5.74, 6) is 0.845. The summed E-state index contributed by atoms with van der Waals surface area (Å²) in [6.07, 6.45) is 1.59. The molecule has 0 amide bonds. The number of nitrogens with zero attached hydrogens (tertiary/aromatic N) is 1. The van der Waals surface area contributed by atoms with Crippen LogP contribution in [0.2, 0.25) is 0 Å². The summed E-state index contributed by atoms with van der Waals surface area (Å²) in [6.45, 7) is 7.53. The highest BCUT2D eigenvalue weighted by Crippen LogP contribution is 2.18. The first-order valence-corrected chi connectivity index (χ1v) is 7.77. The number of hydrogen-bond donors (Lipinski definition) is 1. The van der Waals surface area contributed by atoms with Crippen molar-refractivity contribution in [3.8, 4) is 5.75 Å². The Kier molecular flexibility index (Phi) is 5.97. The van der Waals surface area contributed by atoms with Gasteiger partial charge in [-0.1, -0.05) is 48.5 Å². The number of benzene rings is 2. The third-order valence-electron chi connectivity index (χ3n) is 3.77. The molecule has 0 radical (unpaired) electrons. The van der Waals surface area contributed by atoms with Crippen molar-refractivity contribution < 1.29 is 9.84 Å². The summed E-state index contributed by atoms with van der Waals surface area (Å²) in [5, 5.41) is 10.4. The second-order valence-electron chi connectivity index (χ2n) is 6.04. The lowest BCUT2D eigenvalue weighted by Crippen LogP contribution is -2.38. The fourth-order valence-electron chi connectivity index (χ4n) is 2.56. The van der Waals surface area contributed by atoms with Crippen LogP contribution in [0.15, 0.2) is 67.3 Å². The molecule has 1 N–H and O–H groups in total. The van der Waals surface area contributed by atoms with Crippen LogP contribution in [0.5, 0.6) is 5.75 Å². The van der Waals surface area contributed by atoms with Gasteiger partial charge < -0.3 is 9.84 Å². The topological polar surface area (TPSA) is 32.7 Å². The van der Waals surface area contributed by atoms with E-state index in [0.29, 0.717) is 6.54 Å². The predicted molar refractivity (Wildman–Crippen MR) is 94.4 cm³/mol. The van der Waals surface area contributed by atoms with Gasteiger partial charge in [0.25, 0.3) is 0 Å². The van der Waals surface area contributed by atoms with Crippen LogP contribution in [0.25, 0.3) is 0 Å². The van der Waals surface area contributed by atoms with Gasteiger partial charge in [-0.15, -0.1) is 6.58 Å². The van der Waals surface area contributed by atoms with E-state index in [-0.39, 0.29) is 0 Å². The highest BCUT2D eigenvalue weighted by molar-refractivity contribution is 5.28. The van der Waals surface area contributed by atoms with Gasteiger partial charge in [0.05, 0.1) is 12.7 Å². The van der Waals surface area contributed by atoms with Crippen LogP contribution >= 0.6 is 0 Å². The average Bonchev–Trinajstić information content (AvgIpc) is 2.55. The van der Waals surface area contributed by atoms with Gasteiger partial charge in [-0.25, -0.2) is 0 Å². The molecule has 0 spiro atoms. The van der Waals surface area contributed by atoms with E-state index in [1.807, 2.05) is 36.4 Å². The first-order chi connectivity index (χ1) is 11.0. The number of hydrogen-bond acceptors (Lipinski definition) is 3. The molecule has 0 aliphatic rings. The molecule has 0 aliphatic heterocycles.